The average Bonchev–Trinajstić information content (AvgIpc) is 3.11. The summed E-state index contributed by atoms with van der Waals surface area (Å²) in [6, 6.07) is 1.67. The Balaban J connectivity index is 1.54. The Bertz CT molecular complexity index is 469. The van der Waals surface area contributed by atoms with Crippen molar-refractivity contribution in [1.29, 1.82) is 0 Å². The van der Waals surface area contributed by atoms with Gasteiger partial charge in [-0.2, -0.15) is 0 Å². The number of carbonyl (C=O) groups excluding carboxylic acids is 1. The van der Waals surface area contributed by atoms with Gasteiger partial charge in [-0.05, 0) is 44.2 Å². The molecule has 0 radical (unpaired) electrons. The smallest absolute Gasteiger partial charge is 0.287 e. The van der Waals surface area contributed by atoms with Crippen LogP contribution in [0.2, 0.25) is 0 Å². The molecule has 6 nitrogen and oxygen atoms in total. The highest BCUT2D eigenvalue weighted by atomic mass is 16.5. The quantitative estimate of drug-likeness (QED) is 0.496. The third-order valence-corrected chi connectivity index (χ3v) is 4.88. The number of nitrogens with two attached hydrogens (primary N) is 1. The van der Waals surface area contributed by atoms with Gasteiger partial charge in [0, 0.05) is 6.07 Å². The van der Waals surface area contributed by atoms with Crippen LogP contribution in [-0.4, -0.2) is 29.1 Å². The molecule has 0 aromatic carbocycles. The fraction of sp³-hybridized carbons (Fsp3) is 0.714. The maximum atomic E-state index is 11.3. The number of carbonyl (C=O) groups is 1. The lowest BCUT2D eigenvalue weighted by Crippen LogP contribution is -2.38. The van der Waals surface area contributed by atoms with E-state index in [0.717, 1.165) is 25.4 Å². The third kappa shape index (κ3) is 2.71. The number of hydrazine groups is 1. The van der Waals surface area contributed by atoms with E-state index in [9.17, 15) is 4.79 Å². The van der Waals surface area contributed by atoms with E-state index in [1.54, 1.807) is 6.07 Å². The van der Waals surface area contributed by atoms with Crippen molar-refractivity contribution in [2.24, 2.45) is 11.3 Å². The van der Waals surface area contributed by atoms with Gasteiger partial charge in [-0.3, -0.25) is 15.1 Å². The zero-order valence-corrected chi connectivity index (χ0v) is 11.7. The van der Waals surface area contributed by atoms with E-state index >= 15 is 0 Å². The Morgan fingerprint density at radius 2 is 2.05 bits per heavy atom. The second kappa shape index (κ2) is 5.54. The van der Waals surface area contributed by atoms with Crippen LogP contribution in [-0.2, 0) is 6.54 Å². The molecule has 0 unspecified atom stereocenters. The summed E-state index contributed by atoms with van der Waals surface area (Å²) in [4.78, 5) is 13.7. The highest BCUT2D eigenvalue weighted by Crippen LogP contribution is 2.46. The van der Waals surface area contributed by atoms with Crippen molar-refractivity contribution >= 4 is 5.91 Å². The summed E-state index contributed by atoms with van der Waals surface area (Å²) in [5, 5.41) is 3.73. The number of nitrogens with zero attached hydrogens (tertiary/aromatic N) is 2. The molecule has 1 aliphatic carbocycles. The standard InChI is InChI=1S/C14H22N4O2/c15-16-13(19)12-9-11(20-17-12)10-18-7-5-14(6-8-18)3-1-2-4-14/h9H,1-8,10,15H2,(H,16,19). The minimum Gasteiger partial charge on any atom is -0.359 e. The van der Waals surface area contributed by atoms with Gasteiger partial charge in [-0.1, -0.05) is 18.0 Å². The van der Waals surface area contributed by atoms with Crippen LogP contribution >= 0.6 is 0 Å². The average molecular weight is 278 g/mol. The monoisotopic (exact) mass is 278 g/mol. The molecule has 1 spiro atoms. The number of piperidine rings is 1. The van der Waals surface area contributed by atoms with Crippen LogP contribution in [0.25, 0.3) is 0 Å². The number of rotatable bonds is 3. The first kappa shape index (κ1) is 13.6. The van der Waals surface area contributed by atoms with Gasteiger partial charge in [-0.25, -0.2) is 5.84 Å². The summed E-state index contributed by atoms with van der Waals surface area (Å²) in [5.41, 5.74) is 2.93. The van der Waals surface area contributed by atoms with Crippen molar-refractivity contribution in [2.75, 3.05) is 13.1 Å². The van der Waals surface area contributed by atoms with Crippen molar-refractivity contribution in [2.45, 2.75) is 45.1 Å². The summed E-state index contributed by atoms with van der Waals surface area (Å²) >= 11 is 0. The zero-order valence-electron chi connectivity index (χ0n) is 11.7. The van der Waals surface area contributed by atoms with Gasteiger partial charge in [0.1, 0.15) is 0 Å². The molecule has 2 heterocycles. The maximum Gasteiger partial charge on any atom is 0.287 e. The first-order chi connectivity index (χ1) is 9.71. The van der Waals surface area contributed by atoms with Crippen molar-refractivity contribution in [3.05, 3.63) is 17.5 Å². The number of amides is 1. The Morgan fingerprint density at radius 1 is 1.35 bits per heavy atom. The fourth-order valence-electron chi connectivity index (χ4n) is 3.60. The molecule has 1 aromatic heterocycles. The third-order valence-electron chi connectivity index (χ3n) is 4.88. The Kier molecular flexibility index (Phi) is 3.76. The molecule has 110 valence electrons. The Labute approximate surface area is 118 Å². The molecule has 2 fully saturated rings. The van der Waals surface area contributed by atoms with Gasteiger partial charge in [0.05, 0.1) is 6.54 Å². The summed E-state index contributed by atoms with van der Waals surface area (Å²) in [7, 11) is 0. The van der Waals surface area contributed by atoms with Crippen LogP contribution in [0, 0.1) is 5.41 Å². The van der Waals surface area contributed by atoms with Gasteiger partial charge < -0.3 is 4.52 Å². The van der Waals surface area contributed by atoms with Crippen LogP contribution < -0.4 is 11.3 Å². The van der Waals surface area contributed by atoms with E-state index < -0.39 is 5.91 Å². The van der Waals surface area contributed by atoms with Crippen molar-refractivity contribution in [3.8, 4) is 0 Å². The SMILES string of the molecule is NNC(=O)c1cc(CN2CCC3(CCCC3)CC2)on1. The van der Waals surface area contributed by atoms with E-state index in [1.807, 2.05) is 0 Å². The molecule has 1 aromatic rings. The molecule has 3 rings (SSSR count). The minimum absolute atomic E-state index is 0.242. The highest BCUT2D eigenvalue weighted by molar-refractivity contribution is 5.91. The number of likely N-dealkylation sites (tertiary alicyclic amines) is 1. The van der Waals surface area contributed by atoms with E-state index in [-0.39, 0.29) is 5.69 Å². The lowest BCUT2D eigenvalue weighted by Gasteiger charge is -2.39. The van der Waals surface area contributed by atoms with E-state index in [1.165, 1.54) is 38.5 Å². The van der Waals surface area contributed by atoms with Crippen LogP contribution in [0.15, 0.2) is 10.6 Å². The van der Waals surface area contributed by atoms with Gasteiger partial charge in [0.2, 0.25) is 0 Å². The summed E-state index contributed by atoms with van der Waals surface area (Å²) < 4.78 is 5.20. The first-order valence-corrected chi connectivity index (χ1v) is 7.40. The number of aromatic nitrogens is 1. The zero-order chi connectivity index (χ0) is 14.0. The molecule has 1 saturated carbocycles. The fourth-order valence-corrected chi connectivity index (χ4v) is 3.60. The molecule has 0 bridgehead atoms. The van der Waals surface area contributed by atoms with Crippen LogP contribution in [0.4, 0.5) is 0 Å². The van der Waals surface area contributed by atoms with Crippen molar-refractivity contribution < 1.29 is 9.32 Å². The molecule has 1 amide bonds. The number of nitrogen functional groups attached to an aromatic ring is 1. The lowest BCUT2D eigenvalue weighted by atomic mass is 9.77. The molecular weight excluding hydrogens is 256 g/mol. The van der Waals surface area contributed by atoms with Gasteiger partial charge >= 0.3 is 0 Å². The van der Waals surface area contributed by atoms with Gasteiger partial charge in [-0.15, -0.1) is 0 Å². The summed E-state index contributed by atoms with van der Waals surface area (Å²) in [6.45, 7) is 2.94. The van der Waals surface area contributed by atoms with Crippen molar-refractivity contribution in [1.82, 2.24) is 15.5 Å². The number of hydrogen-bond acceptors (Lipinski definition) is 5. The topological polar surface area (TPSA) is 84.4 Å². The summed E-state index contributed by atoms with van der Waals surface area (Å²) in [6.07, 6.45) is 8.20. The molecule has 0 atom stereocenters. The largest absolute Gasteiger partial charge is 0.359 e. The number of nitrogens with one attached hydrogen (secondary N) is 1. The molecule has 1 saturated heterocycles. The van der Waals surface area contributed by atoms with Crippen LogP contribution in [0.5, 0.6) is 0 Å². The minimum atomic E-state index is -0.413. The second-order valence-corrected chi connectivity index (χ2v) is 6.14. The molecule has 6 heteroatoms. The van der Waals surface area contributed by atoms with E-state index in [4.69, 9.17) is 10.4 Å². The molecule has 20 heavy (non-hydrogen) atoms. The Hall–Kier alpha value is -1.40. The first-order valence-electron chi connectivity index (χ1n) is 7.40. The number of hydrogen-bond donors (Lipinski definition) is 2. The molecule has 2 aliphatic rings. The summed E-state index contributed by atoms with van der Waals surface area (Å²) in [5.74, 6) is 5.39. The predicted octanol–water partition coefficient (Wildman–Crippen LogP) is 1.43. The van der Waals surface area contributed by atoms with Crippen LogP contribution in [0.3, 0.4) is 0 Å². The van der Waals surface area contributed by atoms with Crippen molar-refractivity contribution in [3.63, 3.8) is 0 Å². The van der Waals surface area contributed by atoms with E-state index in [2.05, 4.69) is 15.5 Å². The molecular formula is C14H22N4O2. The molecule has 1 aliphatic heterocycles. The maximum absolute atomic E-state index is 11.3. The van der Waals surface area contributed by atoms with E-state index in [0.29, 0.717) is 5.41 Å². The molecule has 3 N–H and O–H groups in total. The predicted molar refractivity (Wildman–Crippen MR) is 73.6 cm³/mol. The second-order valence-electron chi connectivity index (χ2n) is 6.14. The normalized spacial score (nSPS) is 22.2. The van der Waals surface area contributed by atoms with Gasteiger partial charge in [0.25, 0.3) is 5.91 Å². The highest BCUT2D eigenvalue weighted by Gasteiger charge is 2.36. The Morgan fingerprint density at radius 3 is 2.70 bits per heavy atom. The lowest BCUT2D eigenvalue weighted by molar-refractivity contribution is 0.0937. The van der Waals surface area contributed by atoms with Gasteiger partial charge in [0.15, 0.2) is 11.5 Å². The van der Waals surface area contributed by atoms with Crippen LogP contribution in [0.1, 0.15) is 54.8 Å².